The molecule has 0 spiro atoms. The first-order chi connectivity index (χ1) is 14.4. The van der Waals surface area contributed by atoms with Gasteiger partial charge in [-0.15, -0.1) is 0 Å². The number of hydrogen-bond acceptors (Lipinski definition) is 7. The first kappa shape index (κ1) is 19.8. The quantitative estimate of drug-likeness (QED) is 0.504. The van der Waals surface area contributed by atoms with E-state index in [0.29, 0.717) is 16.9 Å². The Kier molecular flexibility index (Phi) is 5.10. The van der Waals surface area contributed by atoms with E-state index in [-0.39, 0.29) is 27.0 Å². The van der Waals surface area contributed by atoms with Crippen molar-refractivity contribution in [2.75, 3.05) is 11.8 Å². The molecule has 0 fully saturated rings. The summed E-state index contributed by atoms with van der Waals surface area (Å²) in [5, 5.41) is 0.0798. The third-order valence-electron chi connectivity index (χ3n) is 4.19. The van der Waals surface area contributed by atoms with Crippen molar-refractivity contribution in [3.05, 3.63) is 76.6 Å². The van der Waals surface area contributed by atoms with E-state index in [4.69, 9.17) is 16.3 Å². The number of halogens is 1. The van der Waals surface area contributed by atoms with E-state index >= 15 is 0 Å². The van der Waals surface area contributed by atoms with Gasteiger partial charge >= 0.3 is 0 Å². The van der Waals surface area contributed by atoms with Crippen LogP contribution in [0.4, 0.5) is 5.69 Å². The number of anilines is 1. The van der Waals surface area contributed by atoms with Crippen molar-refractivity contribution < 1.29 is 13.2 Å². The second-order valence-electron chi connectivity index (χ2n) is 6.10. The van der Waals surface area contributed by atoms with Crippen LogP contribution in [0.3, 0.4) is 0 Å². The third-order valence-corrected chi connectivity index (χ3v) is 6.05. The van der Waals surface area contributed by atoms with E-state index in [1.165, 1.54) is 60.6 Å². The van der Waals surface area contributed by atoms with Crippen LogP contribution in [0.15, 0.2) is 70.9 Å². The largest absolute Gasteiger partial charge is 0.480 e. The van der Waals surface area contributed by atoms with Crippen LogP contribution >= 0.6 is 11.6 Å². The van der Waals surface area contributed by atoms with Gasteiger partial charge in [0.25, 0.3) is 15.6 Å². The molecule has 0 aliphatic carbocycles. The fourth-order valence-corrected chi connectivity index (χ4v) is 4.35. The molecule has 0 aliphatic heterocycles. The molecule has 4 rings (SSSR count). The molecule has 30 heavy (non-hydrogen) atoms. The van der Waals surface area contributed by atoms with Crippen molar-refractivity contribution in [1.82, 2.24) is 19.4 Å². The number of nitrogens with one attached hydrogen (secondary N) is 1. The first-order valence-electron chi connectivity index (χ1n) is 8.54. The molecule has 1 N–H and O–H groups in total. The first-order valence-corrected chi connectivity index (χ1v) is 10.4. The highest BCUT2D eigenvalue weighted by Gasteiger charge is 2.20. The second kappa shape index (κ2) is 7.73. The summed E-state index contributed by atoms with van der Waals surface area (Å²) in [6.07, 6.45) is 5.80. The van der Waals surface area contributed by atoms with Gasteiger partial charge in [-0.2, -0.15) is 0 Å². The van der Waals surface area contributed by atoms with Crippen molar-refractivity contribution in [2.24, 2.45) is 0 Å². The summed E-state index contributed by atoms with van der Waals surface area (Å²) >= 11 is 6.03. The number of nitrogens with zero attached hydrogens (tertiary/aromatic N) is 4. The molecular formula is C19H14ClN5O4S. The average Bonchev–Trinajstić information content (AvgIpc) is 2.74. The molecule has 0 aliphatic rings. The maximum absolute atomic E-state index is 12.8. The summed E-state index contributed by atoms with van der Waals surface area (Å²) in [5.74, 6) is 0.0639. The number of rotatable bonds is 5. The molecule has 1 aromatic carbocycles. The van der Waals surface area contributed by atoms with Crippen molar-refractivity contribution in [3.8, 4) is 17.1 Å². The molecule has 9 nitrogen and oxygen atoms in total. The van der Waals surface area contributed by atoms with Gasteiger partial charge in [0, 0.05) is 30.2 Å². The van der Waals surface area contributed by atoms with Crippen LogP contribution in [0.2, 0.25) is 5.02 Å². The Labute approximate surface area is 176 Å². The van der Waals surface area contributed by atoms with Crippen LogP contribution in [-0.4, -0.2) is 34.9 Å². The zero-order valence-corrected chi connectivity index (χ0v) is 17.1. The van der Waals surface area contributed by atoms with Gasteiger partial charge in [-0.05, 0) is 18.2 Å². The van der Waals surface area contributed by atoms with Gasteiger partial charge < -0.3 is 4.74 Å². The minimum absolute atomic E-state index is 0.0639. The van der Waals surface area contributed by atoms with Crippen LogP contribution in [0.25, 0.3) is 16.9 Å². The average molecular weight is 444 g/mol. The highest BCUT2D eigenvalue weighted by molar-refractivity contribution is 7.92. The zero-order chi connectivity index (χ0) is 21.3. The number of pyridine rings is 1. The Morgan fingerprint density at radius 1 is 1.10 bits per heavy atom. The molecule has 0 bridgehead atoms. The maximum atomic E-state index is 12.8. The normalized spacial score (nSPS) is 11.4. The molecule has 3 heterocycles. The lowest BCUT2D eigenvalue weighted by molar-refractivity contribution is 0.400. The van der Waals surface area contributed by atoms with E-state index in [0.717, 1.165) is 0 Å². The summed E-state index contributed by atoms with van der Waals surface area (Å²) in [6.45, 7) is 0. The van der Waals surface area contributed by atoms with Gasteiger partial charge in [-0.25, -0.2) is 18.4 Å². The fraction of sp³-hybridized carbons (Fsp3) is 0.0526. The van der Waals surface area contributed by atoms with E-state index < -0.39 is 10.0 Å². The Morgan fingerprint density at radius 2 is 1.90 bits per heavy atom. The van der Waals surface area contributed by atoms with Crippen LogP contribution in [0.1, 0.15) is 0 Å². The maximum Gasteiger partial charge on any atom is 0.263 e. The van der Waals surface area contributed by atoms with Crippen molar-refractivity contribution >= 4 is 33.0 Å². The number of benzene rings is 1. The second-order valence-corrected chi connectivity index (χ2v) is 8.16. The number of sulfonamides is 1. The topological polar surface area (TPSA) is 116 Å². The minimum Gasteiger partial charge on any atom is -0.480 e. The predicted octanol–water partition coefficient (Wildman–Crippen LogP) is 2.61. The SMILES string of the molecule is COc1ncc(-c2cn3c(=O)ccnc3cn2)cc1NS(=O)(=O)c1ccccc1Cl. The molecule has 152 valence electrons. The Bertz CT molecular complexity index is 1420. The summed E-state index contributed by atoms with van der Waals surface area (Å²) in [4.78, 5) is 24.5. The molecular weight excluding hydrogens is 430 g/mol. The van der Waals surface area contributed by atoms with Gasteiger partial charge in [0.1, 0.15) is 10.6 Å². The number of hydrogen-bond donors (Lipinski definition) is 1. The molecule has 0 amide bonds. The lowest BCUT2D eigenvalue weighted by Crippen LogP contribution is -2.15. The third kappa shape index (κ3) is 3.70. The van der Waals surface area contributed by atoms with Gasteiger partial charge in [-0.3, -0.25) is 18.9 Å². The monoisotopic (exact) mass is 443 g/mol. The predicted molar refractivity (Wildman–Crippen MR) is 111 cm³/mol. The number of methoxy groups -OCH3 is 1. The van der Waals surface area contributed by atoms with Gasteiger partial charge in [-0.1, -0.05) is 23.7 Å². The Hall–Kier alpha value is -3.50. The Morgan fingerprint density at radius 3 is 2.67 bits per heavy atom. The molecule has 0 unspecified atom stereocenters. The Balaban J connectivity index is 1.79. The van der Waals surface area contributed by atoms with Gasteiger partial charge in [0.2, 0.25) is 5.88 Å². The fourth-order valence-electron chi connectivity index (χ4n) is 2.78. The molecule has 0 saturated carbocycles. The van der Waals surface area contributed by atoms with Crippen LogP contribution in [0.5, 0.6) is 5.88 Å². The molecule has 0 radical (unpaired) electrons. The number of aromatic nitrogens is 4. The van der Waals surface area contributed by atoms with Gasteiger partial charge in [0.15, 0.2) is 5.65 Å². The van der Waals surface area contributed by atoms with E-state index in [1.807, 2.05) is 0 Å². The van der Waals surface area contributed by atoms with E-state index in [9.17, 15) is 13.2 Å². The summed E-state index contributed by atoms with van der Waals surface area (Å²) in [6, 6.07) is 8.90. The molecule has 4 aromatic rings. The van der Waals surface area contributed by atoms with Crippen LogP contribution in [0, 0.1) is 0 Å². The zero-order valence-electron chi connectivity index (χ0n) is 15.5. The van der Waals surface area contributed by atoms with E-state index in [2.05, 4.69) is 19.7 Å². The number of ether oxygens (including phenoxy) is 1. The smallest absolute Gasteiger partial charge is 0.263 e. The van der Waals surface area contributed by atoms with Crippen molar-refractivity contribution in [3.63, 3.8) is 0 Å². The van der Waals surface area contributed by atoms with E-state index in [1.54, 1.807) is 12.1 Å². The molecule has 0 atom stereocenters. The van der Waals surface area contributed by atoms with Gasteiger partial charge in [0.05, 0.1) is 24.0 Å². The summed E-state index contributed by atoms with van der Waals surface area (Å²) in [7, 11) is -2.63. The lowest BCUT2D eigenvalue weighted by atomic mass is 10.2. The summed E-state index contributed by atoms with van der Waals surface area (Å²) in [5.41, 5.74) is 1.06. The van der Waals surface area contributed by atoms with Crippen LogP contribution in [-0.2, 0) is 10.0 Å². The number of fused-ring (bicyclic) bond motifs is 1. The van der Waals surface area contributed by atoms with Crippen molar-refractivity contribution in [1.29, 1.82) is 0 Å². The molecule has 3 aromatic heterocycles. The minimum atomic E-state index is -4.00. The highest BCUT2D eigenvalue weighted by atomic mass is 35.5. The standard InChI is InChI=1S/C19H14ClN5O4S/c1-29-19-14(24-30(27,28)16-5-3-2-4-13(16)20)8-12(9-23-19)15-11-25-17(10-22-15)21-7-6-18(25)26/h2-11,24H,1H3. The lowest BCUT2D eigenvalue weighted by Gasteiger charge is -2.13. The van der Waals surface area contributed by atoms with Crippen molar-refractivity contribution in [2.45, 2.75) is 4.90 Å². The van der Waals surface area contributed by atoms with Crippen LogP contribution < -0.4 is 15.0 Å². The summed E-state index contributed by atoms with van der Waals surface area (Å²) < 4.78 is 34.6. The molecule has 11 heteroatoms. The highest BCUT2D eigenvalue weighted by Crippen LogP contribution is 2.30. The molecule has 0 saturated heterocycles.